The molecule has 0 saturated carbocycles. The van der Waals surface area contributed by atoms with Gasteiger partial charge in [-0.15, -0.1) is 11.6 Å². The Morgan fingerprint density at radius 1 is 0.614 bits per heavy atom. The summed E-state index contributed by atoms with van der Waals surface area (Å²) in [6.07, 6.45) is 4.59. The van der Waals surface area contributed by atoms with Crippen LogP contribution in [0.2, 0.25) is 5.02 Å². The zero-order chi connectivity index (χ0) is 30.6. The standard InChI is InChI=1S/C34H20ClF2N5.CH3Cl/c35-21-13-14-27(37)25(17-21)31-19-33(24-9-3-6-12-29(24)41-31)42(34-15-16-38-20-39-34)32-18-30(22-7-1-4-10-26(22)36)40-28-11-5-2-8-23(28)32;1-2/h1-20H;1H3. The molecule has 0 radical (unpaired) electrons. The number of rotatable bonds is 5. The van der Waals surface area contributed by atoms with Crippen molar-refractivity contribution in [3.63, 3.8) is 0 Å². The molecule has 3 heterocycles. The van der Waals surface area contributed by atoms with Crippen LogP contribution in [0.5, 0.6) is 0 Å². The zero-order valence-electron chi connectivity index (χ0n) is 23.3. The summed E-state index contributed by atoms with van der Waals surface area (Å²) in [7, 11) is 0. The molecular weight excluding hydrogens is 599 g/mol. The number of benzene rings is 4. The van der Waals surface area contributed by atoms with Crippen molar-refractivity contribution in [3.05, 3.63) is 138 Å². The number of hydrogen-bond donors (Lipinski definition) is 0. The Kier molecular flexibility index (Phi) is 8.41. The second-order valence-corrected chi connectivity index (χ2v) is 10.0. The van der Waals surface area contributed by atoms with E-state index in [2.05, 4.69) is 21.6 Å². The molecular formula is C35H23Cl2F2N5. The maximum absolute atomic E-state index is 15.1. The van der Waals surface area contributed by atoms with E-state index >= 15 is 8.78 Å². The van der Waals surface area contributed by atoms with Crippen molar-refractivity contribution in [1.29, 1.82) is 0 Å². The summed E-state index contributed by atoms with van der Waals surface area (Å²) in [5, 5.41) is 2.01. The van der Waals surface area contributed by atoms with E-state index in [0.29, 0.717) is 50.2 Å². The van der Waals surface area contributed by atoms with Gasteiger partial charge in [-0.2, -0.15) is 0 Å². The van der Waals surface area contributed by atoms with Crippen LogP contribution in [0.25, 0.3) is 44.3 Å². The molecule has 0 amide bonds. The predicted octanol–water partition coefficient (Wildman–Crippen LogP) is 10.2. The van der Waals surface area contributed by atoms with E-state index in [4.69, 9.17) is 21.6 Å². The summed E-state index contributed by atoms with van der Waals surface area (Å²) in [6.45, 7) is 0. The van der Waals surface area contributed by atoms with Crippen molar-refractivity contribution in [2.45, 2.75) is 0 Å². The van der Waals surface area contributed by atoms with E-state index in [9.17, 15) is 0 Å². The van der Waals surface area contributed by atoms with Crippen molar-refractivity contribution in [2.24, 2.45) is 0 Å². The number of pyridine rings is 2. The number of para-hydroxylation sites is 2. The molecule has 44 heavy (non-hydrogen) atoms. The SMILES string of the molecule is CCl.Fc1ccccc1-c1cc(N(c2ccncn2)c2cc(-c3cc(Cl)ccc3F)nc3ccccc23)c2ccccc2n1. The number of alkyl halides is 1. The molecule has 0 unspecified atom stereocenters. The third-order valence-corrected chi connectivity index (χ3v) is 7.26. The molecule has 0 saturated heterocycles. The maximum atomic E-state index is 15.1. The molecule has 216 valence electrons. The van der Waals surface area contributed by atoms with Crippen LogP contribution >= 0.6 is 23.2 Å². The molecule has 3 aromatic heterocycles. The average Bonchev–Trinajstić information content (AvgIpc) is 3.07. The number of hydrogen-bond acceptors (Lipinski definition) is 5. The Morgan fingerprint density at radius 2 is 1.18 bits per heavy atom. The Bertz CT molecular complexity index is 2110. The van der Waals surface area contributed by atoms with Gasteiger partial charge in [-0.25, -0.2) is 28.7 Å². The summed E-state index contributed by atoms with van der Waals surface area (Å²) in [5.74, 6) is -0.277. The highest BCUT2D eigenvalue weighted by molar-refractivity contribution is 6.30. The first-order valence-electron chi connectivity index (χ1n) is 13.5. The first-order valence-corrected chi connectivity index (χ1v) is 14.6. The van der Waals surface area contributed by atoms with Gasteiger partial charge >= 0.3 is 0 Å². The van der Waals surface area contributed by atoms with E-state index in [1.165, 1.54) is 30.9 Å². The van der Waals surface area contributed by atoms with Gasteiger partial charge < -0.3 is 0 Å². The third kappa shape index (κ3) is 5.55. The maximum Gasteiger partial charge on any atom is 0.140 e. The number of anilines is 3. The van der Waals surface area contributed by atoms with Crippen LogP contribution in [0.3, 0.4) is 0 Å². The minimum absolute atomic E-state index is 0.267. The fourth-order valence-electron chi connectivity index (χ4n) is 5.12. The molecule has 5 nitrogen and oxygen atoms in total. The van der Waals surface area contributed by atoms with Crippen LogP contribution in [0.1, 0.15) is 0 Å². The molecule has 7 aromatic rings. The van der Waals surface area contributed by atoms with Crippen LogP contribution in [0, 0.1) is 11.6 Å². The molecule has 9 heteroatoms. The predicted molar refractivity (Wildman–Crippen MR) is 175 cm³/mol. The van der Waals surface area contributed by atoms with E-state index in [1.807, 2.05) is 65.6 Å². The van der Waals surface area contributed by atoms with Crippen molar-refractivity contribution in [1.82, 2.24) is 19.9 Å². The normalized spacial score (nSPS) is 10.8. The lowest BCUT2D eigenvalue weighted by Crippen LogP contribution is -2.14. The van der Waals surface area contributed by atoms with Gasteiger partial charge in [0.15, 0.2) is 0 Å². The zero-order valence-corrected chi connectivity index (χ0v) is 24.8. The second kappa shape index (κ2) is 12.7. The van der Waals surface area contributed by atoms with Crippen molar-refractivity contribution < 1.29 is 8.78 Å². The summed E-state index contributed by atoms with van der Waals surface area (Å²) in [5.41, 5.74) is 4.20. The number of fused-ring (bicyclic) bond motifs is 2. The van der Waals surface area contributed by atoms with Gasteiger partial charge in [-0.05, 0) is 60.7 Å². The van der Waals surface area contributed by atoms with Gasteiger partial charge in [0.1, 0.15) is 23.8 Å². The molecule has 0 atom stereocenters. The fourth-order valence-corrected chi connectivity index (χ4v) is 5.29. The van der Waals surface area contributed by atoms with Gasteiger partial charge in [0.2, 0.25) is 0 Å². The number of nitrogens with zero attached hydrogens (tertiary/aromatic N) is 5. The highest BCUT2D eigenvalue weighted by atomic mass is 35.5. The van der Waals surface area contributed by atoms with Gasteiger partial charge in [0, 0.05) is 39.5 Å². The third-order valence-electron chi connectivity index (χ3n) is 7.02. The lowest BCUT2D eigenvalue weighted by atomic mass is 10.0. The number of aromatic nitrogens is 4. The first-order chi connectivity index (χ1) is 21.6. The van der Waals surface area contributed by atoms with Gasteiger partial charge in [0.05, 0.1) is 33.8 Å². The average molecular weight is 623 g/mol. The van der Waals surface area contributed by atoms with Crippen LogP contribution in [0.4, 0.5) is 26.0 Å². The molecule has 0 aliphatic carbocycles. The Labute approximate surface area is 262 Å². The van der Waals surface area contributed by atoms with Crippen LogP contribution in [0.15, 0.2) is 122 Å². The molecule has 0 bridgehead atoms. The van der Waals surface area contributed by atoms with Gasteiger partial charge in [0.25, 0.3) is 0 Å². The fraction of sp³-hybridized carbons (Fsp3) is 0.0286. The van der Waals surface area contributed by atoms with E-state index < -0.39 is 5.82 Å². The molecule has 0 N–H and O–H groups in total. The minimum atomic E-state index is -0.446. The van der Waals surface area contributed by atoms with Crippen molar-refractivity contribution in [2.75, 3.05) is 11.3 Å². The van der Waals surface area contributed by atoms with E-state index in [-0.39, 0.29) is 11.4 Å². The molecule has 0 aliphatic rings. The molecule has 7 rings (SSSR count). The van der Waals surface area contributed by atoms with Crippen LogP contribution in [-0.4, -0.2) is 26.3 Å². The Hall–Kier alpha value is -4.98. The van der Waals surface area contributed by atoms with Crippen molar-refractivity contribution >= 4 is 62.2 Å². The second-order valence-electron chi connectivity index (χ2n) is 9.59. The highest BCUT2D eigenvalue weighted by Crippen LogP contribution is 2.43. The van der Waals surface area contributed by atoms with Gasteiger partial charge in [-0.1, -0.05) is 60.1 Å². The number of halogens is 4. The van der Waals surface area contributed by atoms with Crippen molar-refractivity contribution in [3.8, 4) is 22.5 Å². The van der Waals surface area contributed by atoms with Crippen LogP contribution in [-0.2, 0) is 0 Å². The smallest absolute Gasteiger partial charge is 0.140 e. The lowest BCUT2D eigenvalue weighted by molar-refractivity contribution is 0.630. The molecule has 4 aromatic carbocycles. The largest absolute Gasteiger partial charge is 0.293 e. The van der Waals surface area contributed by atoms with Gasteiger partial charge in [-0.3, -0.25) is 4.90 Å². The topological polar surface area (TPSA) is 54.8 Å². The highest BCUT2D eigenvalue weighted by Gasteiger charge is 2.23. The Balaban J connectivity index is 0.00000168. The summed E-state index contributed by atoms with van der Waals surface area (Å²) < 4.78 is 30.2. The summed E-state index contributed by atoms with van der Waals surface area (Å²) in [6, 6.07) is 31.7. The minimum Gasteiger partial charge on any atom is -0.293 e. The molecule has 0 aliphatic heterocycles. The first kappa shape index (κ1) is 29.1. The quantitative estimate of drug-likeness (QED) is 0.179. The lowest BCUT2D eigenvalue weighted by Gasteiger charge is -2.27. The Morgan fingerprint density at radius 3 is 1.80 bits per heavy atom. The molecule has 0 spiro atoms. The van der Waals surface area contributed by atoms with Crippen LogP contribution < -0.4 is 4.90 Å². The monoisotopic (exact) mass is 621 g/mol. The van der Waals surface area contributed by atoms with E-state index in [0.717, 1.165) is 10.8 Å². The molecule has 0 fully saturated rings. The summed E-state index contributed by atoms with van der Waals surface area (Å²) >= 11 is 10.9. The van der Waals surface area contributed by atoms with E-state index in [1.54, 1.807) is 36.5 Å². The summed E-state index contributed by atoms with van der Waals surface area (Å²) in [4.78, 5) is 20.3.